The molecule has 1 aromatic carbocycles. The molecule has 0 unspecified atom stereocenters. The first-order valence-corrected chi connectivity index (χ1v) is 11.7. The fourth-order valence-corrected chi connectivity index (χ4v) is 3.92. The lowest BCUT2D eigenvalue weighted by atomic mass is 10.0. The van der Waals surface area contributed by atoms with Gasteiger partial charge in [-0.05, 0) is 44.4 Å². The number of carbonyl (C=O) groups excluding carboxylic acids is 2. The first-order valence-electron chi connectivity index (χ1n) is 11.3. The van der Waals surface area contributed by atoms with Crippen LogP contribution in [0.5, 0.6) is 0 Å². The molecule has 38 heavy (non-hydrogen) atoms. The number of halogens is 4. The summed E-state index contributed by atoms with van der Waals surface area (Å²) in [5, 5.41) is 17.3. The highest BCUT2D eigenvalue weighted by molar-refractivity contribution is 6.34. The molecule has 0 bridgehead atoms. The number of nitrogens with zero attached hydrogens (tertiary/aromatic N) is 6. The van der Waals surface area contributed by atoms with E-state index in [0.29, 0.717) is 24.0 Å². The number of benzene rings is 1. The highest BCUT2D eigenvalue weighted by Gasteiger charge is 2.52. The number of nitriles is 1. The maximum atomic E-state index is 13.5. The molecule has 10 nitrogen and oxygen atoms in total. The van der Waals surface area contributed by atoms with E-state index in [1.807, 2.05) is 6.20 Å². The molecule has 0 atom stereocenters. The maximum Gasteiger partial charge on any atom is 0.510 e. The summed E-state index contributed by atoms with van der Waals surface area (Å²) in [5.41, 5.74) is -1.44. The van der Waals surface area contributed by atoms with Crippen LogP contribution in [0, 0.1) is 17.5 Å². The molecule has 1 aliphatic carbocycles. The smallest absolute Gasteiger partial charge is 0.432 e. The largest absolute Gasteiger partial charge is 0.510 e. The Morgan fingerprint density at radius 2 is 2.03 bits per heavy atom. The Hall–Kier alpha value is -4.05. The zero-order valence-electron chi connectivity index (χ0n) is 20.4. The number of aryl methyl sites for hydroxylation is 1. The molecule has 3 aromatic rings. The van der Waals surface area contributed by atoms with Crippen LogP contribution in [0.3, 0.4) is 0 Å². The van der Waals surface area contributed by atoms with Crippen molar-refractivity contribution in [2.75, 3.05) is 6.73 Å². The van der Waals surface area contributed by atoms with E-state index in [2.05, 4.69) is 16.3 Å². The number of amides is 1. The summed E-state index contributed by atoms with van der Waals surface area (Å²) >= 11 is 6.32. The zero-order valence-corrected chi connectivity index (χ0v) is 21.2. The lowest BCUT2D eigenvalue weighted by molar-refractivity contribution is -0.137. The van der Waals surface area contributed by atoms with Crippen molar-refractivity contribution in [1.82, 2.24) is 24.5 Å². The van der Waals surface area contributed by atoms with Crippen molar-refractivity contribution >= 4 is 23.7 Å². The third-order valence-corrected chi connectivity index (χ3v) is 6.12. The van der Waals surface area contributed by atoms with E-state index in [9.17, 15) is 28.0 Å². The quantitative estimate of drug-likeness (QED) is 0.308. The Labute approximate surface area is 220 Å². The van der Waals surface area contributed by atoms with Crippen LogP contribution in [0.4, 0.5) is 18.0 Å². The van der Waals surface area contributed by atoms with Gasteiger partial charge in [0.25, 0.3) is 5.91 Å². The van der Waals surface area contributed by atoms with Gasteiger partial charge in [0, 0.05) is 18.8 Å². The molecule has 0 N–H and O–H groups in total. The highest BCUT2D eigenvalue weighted by atomic mass is 35.5. The molecule has 1 fully saturated rings. The summed E-state index contributed by atoms with van der Waals surface area (Å²) in [7, 11) is 1.33. The SMILES string of the molecule is CC(C)OC(=O)OCN(C(=O)c1cc(-c2cnn(-c3c(C(F)(F)F)[c]nn3C)c2)ccc1Cl)C1(C#N)CC1. The van der Waals surface area contributed by atoms with E-state index in [1.165, 1.54) is 31.6 Å². The monoisotopic (exact) mass is 549 g/mol. The lowest BCUT2D eigenvalue weighted by Gasteiger charge is -2.27. The first kappa shape index (κ1) is 27.0. The number of hydrogen-bond acceptors (Lipinski definition) is 7. The minimum absolute atomic E-state index is 0.00381. The van der Waals surface area contributed by atoms with E-state index in [4.69, 9.17) is 21.1 Å². The van der Waals surface area contributed by atoms with Crippen molar-refractivity contribution in [3.8, 4) is 23.0 Å². The van der Waals surface area contributed by atoms with Gasteiger partial charge >= 0.3 is 12.3 Å². The maximum absolute atomic E-state index is 13.5. The number of hydrogen-bond donors (Lipinski definition) is 0. The van der Waals surface area contributed by atoms with Crippen molar-refractivity contribution in [2.24, 2.45) is 7.05 Å². The summed E-state index contributed by atoms with van der Waals surface area (Å²) in [4.78, 5) is 26.5. The fourth-order valence-electron chi connectivity index (χ4n) is 3.72. The van der Waals surface area contributed by atoms with Crippen LogP contribution in [-0.4, -0.2) is 54.9 Å². The average Bonchev–Trinajstić information content (AvgIpc) is 3.28. The van der Waals surface area contributed by atoms with Crippen LogP contribution in [0.1, 0.15) is 42.6 Å². The number of aromatic nitrogens is 4. The molecule has 0 aliphatic heterocycles. The average molecular weight is 550 g/mol. The van der Waals surface area contributed by atoms with Gasteiger partial charge in [0.05, 0.1) is 29.0 Å². The van der Waals surface area contributed by atoms with Gasteiger partial charge in [0.1, 0.15) is 17.3 Å². The molecule has 0 spiro atoms. The molecule has 14 heteroatoms. The van der Waals surface area contributed by atoms with Gasteiger partial charge in [-0.3, -0.25) is 9.69 Å². The number of carbonyl (C=O) groups is 2. The molecule has 4 rings (SSSR count). The normalized spacial score (nSPS) is 14.2. The third-order valence-electron chi connectivity index (χ3n) is 5.79. The van der Waals surface area contributed by atoms with E-state index in [0.717, 1.165) is 14.3 Å². The van der Waals surface area contributed by atoms with Crippen LogP contribution in [0.2, 0.25) is 5.02 Å². The minimum atomic E-state index is -4.69. The van der Waals surface area contributed by atoms with Gasteiger partial charge in [-0.25, -0.2) is 14.2 Å². The Bertz CT molecular complexity index is 1420. The predicted molar refractivity (Wildman–Crippen MR) is 126 cm³/mol. The van der Waals surface area contributed by atoms with Crippen LogP contribution in [-0.2, 0) is 22.7 Å². The summed E-state index contributed by atoms with van der Waals surface area (Å²) in [6, 6.07) is 6.53. The second-order valence-electron chi connectivity index (χ2n) is 8.87. The van der Waals surface area contributed by atoms with E-state index < -0.39 is 42.2 Å². The van der Waals surface area contributed by atoms with Crippen molar-refractivity contribution in [3.05, 3.63) is 52.9 Å². The van der Waals surface area contributed by atoms with Gasteiger partial charge in [0.15, 0.2) is 12.5 Å². The number of rotatable bonds is 7. The van der Waals surface area contributed by atoms with Gasteiger partial charge in [-0.2, -0.15) is 28.6 Å². The fraction of sp³-hybridized carbons (Fsp3) is 0.375. The van der Waals surface area contributed by atoms with Gasteiger partial charge in [-0.1, -0.05) is 17.7 Å². The standard InChI is InChI=1S/C24H21ClF3N6O4/c1-14(2)38-22(36)37-13-33(23(12-29)6-7-23)21(35)17-8-15(4-5-19(17)25)16-9-31-34(11-16)20-18(24(26,27)28)10-30-32(20)3/h4-5,8-9,11,14H,6-7,13H2,1-3H3. The summed E-state index contributed by atoms with van der Waals surface area (Å²) in [6.07, 6.45) is -0.752. The molecule has 1 saturated carbocycles. The van der Waals surface area contributed by atoms with Crippen LogP contribution < -0.4 is 0 Å². The molecular formula is C24H21ClF3N6O4. The van der Waals surface area contributed by atoms with E-state index >= 15 is 0 Å². The summed E-state index contributed by atoms with van der Waals surface area (Å²) < 4.78 is 52.2. The minimum Gasteiger partial charge on any atom is -0.432 e. The van der Waals surface area contributed by atoms with Crippen LogP contribution >= 0.6 is 11.6 Å². The number of alkyl halides is 3. The molecule has 0 saturated heterocycles. The Morgan fingerprint density at radius 1 is 1.32 bits per heavy atom. The molecule has 1 radical (unpaired) electrons. The van der Waals surface area contributed by atoms with E-state index in [-0.39, 0.29) is 16.4 Å². The topological polar surface area (TPSA) is 115 Å². The Kier molecular flexibility index (Phi) is 7.12. The van der Waals surface area contributed by atoms with Gasteiger partial charge in [-0.15, -0.1) is 0 Å². The van der Waals surface area contributed by atoms with Gasteiger partial charge in [0.2, 0.25) is 0 Å². The summed E-state index contributed by atoms with van der Waals surface area (Å²) in [5.74, 6) is -1.00. The Balaban J connectivity index is 1.65. The van der Waals surface area contributed by atoms with Crippen molar-refractivity contribution in [1.29, 1.82) is 5.26 Å². The molecule has 2 heterocycles. The van der Waals surface area contributed by atoms with Crippen molar-refractivity contribution in [2.45, 2.75) is 44.5 Å². The van der Waals surface area contributed by atoms with Crippen molar-refractivity contribution < 1.29 is 32.2 Å². The second kappa shape index (κ2) is 10.0. The summed E-state index contributed by atoms with van der Waals surface area (Å²) in [6.45, 7) is 2.73. The lowest BCUT2D eigenvalue weighted by Crippen LogP contribution is -2.43. The molecule has 2 aromatic heterocycles. The zero-order chi connectivity index (χ0) is 27.8. The van der Waals surface area contributed by atoms with Crippen LogP contribution in [0.25, 0.3) is 16.9 Å². The van der Waals surface area contributed by atoms with Gasteiger partial charge < -0.3 is 9.47 Å². The van der Waals surface area contributed by atoms with Crippen LogP contribution in [0.15, 0.2) is 30.6 Å². The molecular weight excluding hydrogens is 529 g/mol. The third kappa shape index (κ3) is 5.31. The molecule has 1 aliphatic rings. The second-order valence-corrected chi connectivity index (χ2v) is 9.27. The van der Waals surface area contributed by atoms with Crippen molar-refractivity contribution in [3.63, 3.8) is 0 Å². The number of ether oxygens (including phenoxy) is 2. The first-order chi connectivity index (χ1) is 17.9. The predicted octanol–water partition coefficient (Wildman–Crippen LogP) is 4.76. The highest BCUT2D eigenvalue weighted by Crippen LogP contribution is 2.42. The van der Waals surface area contributed by atoms with E-state index in [1.54, 1.807) is 19.9 Å². The Morgan fingerprint density at radius 3 is 2.63 bits per heavy atom. The molecule has 1 amide bonds. The molecule has 199 valence electrons.